The summed E-state index contributed by atoms with van der Waals surface area (Å²) >= 11 is 0. The number of benzene rings is 2. The van der Waals surface area contributed by atoms with Gasteiger partial charge < -0.3 is 9.47 Å². The summed E-state index contributed by atoms with van der Waals surface area (Å²) in [5.41, 5.74) is 0.543. The van der Waals surface area contributed by atoms with Gasteiger partial charge in [-0.25, -0.2) is 13.2 Å². The number of nitrogens with zero attached hydrogens (tertiary/aromatic N) is 1. The van der Waals surface area contributed by atoms with Gasteiger partial charge >= 0.3 is 5.97 Å². The van der Waals surface area contributed by atoms with E-state index < -0.39 is 20.0 Å². The van der Waals surface area contributed by atoms with Crippen molar-refractivity contribution in [2.75, 3.05) is 6.61 Å². The van der Waals surface area contributed by atoms with Crippen molar-refractivity contribution in [2.24, 2.45) is 0 Å². The van der Waals surface area contributed by atoms with Gasteiger partial charge in [-0.15, -0.1) is 0 Å². The minimum absolute atomic E-state index is 0.0113. The van der Waals surface area contributed by atoms with Crippen molar-refractivity contribution >= 4 is 5.97 Å². The molecule has 0 aromatic heterocycles. The molecule has 2 aromatic rings. The lowest BCUT2D eigenvalue weighted by molar-refractivity contribution is -0.143. The largest absolute Gasteiger partial charge is 0.487 e. The first kappa shape index (κ1) is 28.0. The Kier molecular flexibility index (Phi) is 14.1. The van der Waals surface area contributed by atoms with Crippen LogP contribution in [0.5, 0.6) is 5.75 Å². The molecule has 0 amide bonds. The first-order valence-corrected chi connectivity index (χ1v) is 11.1. The van der Waals surface area contributed by atoms with Gasteiger partial charge in [-0.1, -0.05) is 56.5 Å². The van der Waals surface area contributed by atoms with Crippen LogP contribution >= 0.6 is 0 Å². The van der Waals surface area contributed by atoms with Gasteiger partial charge in [-0.05, 0) is 36.1 Å². The second-order valence-corrected chi connectivity index (χ2v) is 7.27. The molecule has 180 valence electrons. The molecule has 0 aliphatic carbocycles. The summed E-state index contributed by atoms with van der Waals surface area (Å²) in [7, 11) is 0. The Bertz CT molecular complexity index is 883. The van der Waals surface area contributed by atoms with Crippen molar-refractivity contribution in [1.82, 2.24) is 0 Å². The van der Waals surface area contributed by atoms with Crippen molar-refractivity contribution in [2.45, 2.75) is 72.6 Å². The molecular weight excluding hydrogens is 431 g/mol. The van der Waals surface area contributed by atoms with Crippen LogP contribution in [0, 0.1) is 11.3 Å². The number of nitriles is 1. The van der Waals surface area contributed by atoms with E-state index in [1.54, 1.807) is 0 Å². The zero-order valence-corrected chi connectivity index (χ0v) is 19.3. The van der Waals surface area contributed by atoms with Crippen LogP contribution in [0.1, 0.15) is 73.8 Å². The molecular formula is C26H32F3NO3. The van der Waals surface area contributed by atoms with E-state index in [0.717, 1.165) is 18.4 Å². The highest BCUT2D eigenvalue weighted by molar-refractivity contribution is 5.69. The van der Waals surface area contributed by atoms with E-state index in [2.05, 4.69) is 6.92 Å². The van der Waals surface area contributed by atoms with E-state index >= 15 is 0 Å². The normalized spacial score (nSPS) is 10.1. The summed E-state index contributed by atoms with van der Waals surface area (Å²) < 4.78 is 49.6. The number of carbonyl (C=O) groups is 1. The molecule has 0 saturated carbocycles. The number of esters is 1. The Balaban J connectivity index is 0.000000420. The van der Waals surface area contributed by atoms with Gasteiger partial charge in [-0.3, -0.25) is 4.79 Å². The summed E-state index contributed by atoms with van der Waals surface area (Å²) in [5, 5.41) is 9.20. The maximum absolute atomic E-state index is 13.2. The predicted octanol–water partition coefficient (Wildman–Crippen LogP) is 7.07. The van der Waals surface area contributed by atoms with Crippen LogP contribution < -0.4 is 4.74 Å². The lowest BCUT2D eigenvalue weighted by Gasteiger charge is -2.15. The third-order valence-electron chi connectivity index (χ3n) is 4.91. The van der Waals surface area contributed by atoms with Gasteiger partial charge in [-0.2, -0.15) is 5.26 Å². The number of halogens is 3. The average Bonchev–Trinajstić information content (AvgIpc) is 2.85. The molecule has 2 aromatic carbocycles. The fourth-order valence-corrected chi connectivity index (χ4v) is 3.15. The van der Waals surface area contributed by atoms with Crippen molar-refractivity contribution in [3.05, 3.63) is 64.2 Å². The van der Waals surface area contributed by atoms with Crippen LogP contribution in [0.25, 0.3) is 0 Å². The molecule has 4 nitrogen and oxygen atoms in total. The quantitative estimate of drug-likeness (QED) is 0.250. The van der Waals surface area contributed by atoms with E-state index in [1.165, 1.54) is 18.9 Å². The molecule has 0 N–H and O–H groups in total. The smallest absolute Gasteiger partial charge is 0.305 e. The molecule has 0 saturated heterocycles. The van der Waals surface area contributed by atoms with Crippen LogP contribution in [0.4, 0.5) is 13.2 Å². The summed E-state index contributed by atoms with van der Waals surface area (Å²) in [4.78, 5) is 10.8. The highest BCUT2D eigenvalue weighted by Gasteiger charge is 2.19. The molecule has 0 heterocycles. The topological polar surface area (TPSA) is 59.3 Å². The lowest BCUT2D eigenvalue weighted by atomic mass is 9.97. The van der Waals surface area contributed by atoms with Crippen molar-refractivity contribution in [1.29, 1.82) is 5.26 Å². The molecule has 7 heteroatoms. The third-order valence-corrected chi connectivity index (χ3v) is 4.91. The van der Waals surface area contributed by atoms with Gasteiger partial charge in [0.2, 0.25) is 0 Å². The maximum Gasteiger partial charge on any atom is 0.305 e. The Hall–Kier alpha value is -3.01. The highest BCUT2D eigenvalue weighted by atomic mass is 19.1. The Morgan fingerprint density at radius 2 is 1.67 bits per heavy atom. The highest BCUT2D eigenvalue weighted by Crippen LogP contribution is 2.31. The van der Waals surface area contributed by atoms with Gasteiger partial charge in [0, 0.05) is 12.0 Å². The summed E-state index contributed by atoms with van der Waals surface area (Å²) in [5.74, 6) is 0.0208. The van der Waals surface area contributed by atoms with Crippen molar-refractivity contribution in [3.8, 4) is 11.8 Å². The number of rotatable bonds is 12. The van der Waals surface area contributed by atoms with E-state index in [9.17, 15) is 23.2 Å². The summed E-state index contributed by atoms with van der Waals surface area (Å²) in [6.45, 7) is 1.65. The summed E-state index contributed by atoms with van der Waals surface area (Å²) in [6.07, 6.45) is 5.15. The molecule has 2 rings (SSSR count). The van der Waals surface area contributed by atoms with Gasteiger partial charge in [0.05, 0.1) is 6.61 Å². The van der Waals surface area contributed by atoms with Gasteiger partial charge in [0.15, 0.2) is 0 Å². The molecule has 0 atom stereocenters. The zero-order chi connectivity index (χ0) is 24.5. The third kappa shape index (κ3) is 9.56. The Morgan fingerprint density at radius 1 is 0.970 bits per heavy atom. The monoisotopic (exact) mass is 463 g/mol. The van der Waals surface area contributed by atoms with Crippen molar-refractivity contribution < 1.29 is 27.4 Å². The van der Waals surface area contributed by atoms with Crippen molar-refractivity contribution in [3.63, 3.8) is 0 Å². The molecule has 0 aliphatic heterocycles. The van der Waals surface area contributed by atoms with E-state index in [0.29, 0.717) is 13.0 Å². The number of ether oxygens (including phenoxy) is 2. The number of hydrogen-bond acceptors (Lipinski definition) is 4. The van der Waals surface area contributed by atoms with Crippen LogP contribution in [0.2, 0.25) is 0 Å². The first-order valence-electron chi connectivity index (χ1n) is 11.1. The molecule has 0 unspecified atom stereocenters. The molecule has 0 spiro atoms. The standard InChI is InChI=1S/C17H14F3NO.C9H18O2/c18-7-13-6-17(22-11-12-4-2-1-3-5-12)16(10-21)15(9-20)14(13)8-19;1-3-5-6-7-8-9(10)11-4-2/h1-6H,7-9,11H2;3-8H2,1-2H3. The minimum Gasteiger partial charge on any atom is -0.487 e. The van der Waals surface area contributed by atoms with E-state index in [-0.39, 0.29) is 40.6 Å². The number of hydrogen-bond donors (Lipinski definition) is 0. The molecule has 0 fully saturated rings. The van der Waals surface area contributed by atoms with Gasteiger partial charge in [0.25, 0.3) is 0 Å². The maximum atomic E-state index is 13.2. The predicted molar refractivity (Wildman–Crippen MR) is 122 cm³/mol. The van der Waals surface area contributed by atoms with Crippen LogP contribution in [-0.4, -0.2) is 12.6 Å². The fourth-order valence-electron chi connectivity index (χ4n) is 3.15. The second-order valence-electron chi connectivity index (χ2n) is 7.27. The van der Waals surface area contributed by atoms with Crippen LogP contribution in [0.3, 0.4) is 0 Å². The minimum atomic E-state index is -1.04. The van der Waals surface area contributed by atoms with Gasteiger partial charge in [0.1, 0.15) is 44.0 Å². The van der Waals surface area contributed by atoms with E-state index in [4.69, 9.17) is 9.47 Å². The van der Waals surface area contributed by atoms with Crippen LogP contribution in [-0.2, 0) is 36.2 Å². The number of carbonyl (C=O) groups excluding carboxylic acids is 1. The second kappa shape index (κ2) is 16.6. The molecule has 33 heavy (non-hydrogen) atoms. The summed E-state index contributed by atoms with van der Waals surface area (Å²) in [6, 6.07) is 12.3. The Labute approximate surface area is 194 Å². The lowest BCUT2D eigenvalue weighted by Crippen LogP contribution is -2.05. The average molecular weight is 464 g/mol. The van der Waals surface area contributed by atoms with E-state index in [1.807, 2.05) is 43.3 Å². The Morgan fingerprint density at radius 3 is 2.21 bits per heavy atom. The zero-order valence-electron chi connectivity index (χ0n) is 19.3. The molecule has 0 radical (unpaired) electrons. The SMILES string of the molecule is CCCCCCC(=O)OCC.N#Cc1c(OCc2ccccc2)cc(CF)c(CF)c1CF. The fraction of sp³-hybridized carbons (Fsp3) is 0.462. The molecule has 0 bridgehead atoms. The molecule has 0 aliphatic rings. The van der Waals surface area contributed by atoms with Crippen LogP contribution in [0.15, 0.2) is 36.4 Å². The number of alkyl halides is 3. The number of unbranched alkanes of at least 4 members (excludes halogenated alkanes) is 3. The first-order chi connectivity index (χ1) is 16.1.